The second-order valence-electron chi connectivity index (χ2n) is 4.42. The van der Waals surface area contributed by atoms with Gasteiger partial charge >= 0.3 is 0 Å². The molecule has 0 bridgehead atoms. The zero-order valence-corrected chi connectivity index (χ0v) is 13.0. The third-order valence-electron chi connectivity index (χ3n) is 2.74. The average Bonchev–Trinajstić information content (AvgIpc) is 2.37. The number of ether oxygens (including phenoxy) is 2. The number of amides is 1. The highest BCUT2D eigenvalue weighted by atomic mass is 35.5. The van der Waals surface area contributed by atoms with Crippen LogP contribution in [-0.2, 0) is 9.53 Å². The molecule has 0 radical (unpaired) electrons. The summed E-state index contributed by atoms with van der Waals surface area (Å²) in [5.74, 6) is 0.643. The van der Waals surface area contributed by atoms with Crippen LogP contribution in [-0.4, -0.2) is 38.8 Å². The molecule has 0 aliphatic heterocycles. The first-order chi connectivity index (χ1) is 9.06. The quantitative estimate of drug-likeness (QED) is 0.742. The third-order valence-corrected chi connectivity index (χ3v) is 2.74. The minimum atomic E-state index is -0.634. The molecule has 1 atom stereocenters. The van der Waals surface area contributed by atoms with Crippen LogP contribution in [0.3, 0.4) is 0 Å². The summed E-state index contributed by atoms with van der Waals surface area (Å²) in [5, 5.41) is 2.71. The highest BCUT2D eigenvalue weighted by Crippen LogP contribution is 2.21. The molecule has 0 aliphatic carbocycles. The first kappa shape index (κ1) is 18.7. The van der Waals surface area contributed by atoms with E-state index in [1.807, 2.05) is 32.0 Å². The van der Waals surface area contributed by atoms with Crippen LogP contribution in [0, 0.1) is 13.8 Å². The number of methoxy groups -OCH3 is 1. The van der Waals surface area contributed by atoms with Crippen LogP contribution in [0.5, 0.6) is 5.75 Å². The van der Waals surface area contributed by atoms with Crippen molar-refractivity contribution in [3.8, 4) is 5.75 Å². The van der Waals surface area contributed by atoms with Crippen LogP contribution >= 0.6 is 12.4 Å². The van der Waals surface area contributed by atoms with E-state index in [-0.39, 0.29) is 24.9 Å². The van der Waals surface area contributed by atoms with Crippen molar-refractivity contribution < 1.29 is 14.3 Å². The molecule has 3 N–H and O–H groups in total. The fourth-order valence-electron chi connectivity index (χ4n) is 1.74. The van der Waals surface area contributed by atoms with Crippen molar-refractivity contribution in [3.05, 3.63) is 29.3 Å². The van der Waals surface area contributed by atoms with Gasteiger partial charge in [0.1, 0.15) is 18.4 Å². The lowest BCUT2D eigenvalue weighted by Crippen LogP contribution is -2.44. The Labute approximate surface area is 126 Å². The SMILES string of the molecule is COCC(N)C(=O)NCCOc1c(C)cccc1C.Cl. The van der Waals surface area contributed by atoms with Crippen molar-refractivity contribution in [2.75, 3.05) is 26.9 Å². The summed E-state index contributed by atoms with van der Waals surface area (Å²) in [7, 11) is 1.51. The molecule has 0 saturated heterocycles. The van der Waals surface area contributed by atoms with E-state index in [0.717, 1.165) is 16.9 Å². The van der Waals surface area contributed by atoms with Crippen LogP contribution in [0.15, 0.2) is 18.2 Å². The molecule has 1 aromatic carbocycles. The third kappa shape index (κ3) is 5.77. The van der Waals surface area contributed by atoms with E-state index < -0.39 is 6.04 Å². The van der Waals surface area contributed by atoms with Crippen molar-refractivity contribution in [3.63, 3.8) is 0 Å². The summed E-state index contributed by atoms with van der Waals surface area (Å²) in [6, 6.07) is 5.35. The zero-order chi connectivity index (χ0) is 14.3. The molecule has 20 heavy (non-hydrogen) atoms. The highest BCUT2D eigenvalue weighted by molar-refractivity contribution is 5.85. The van der Waals surface area contributed by atoms with Crippen LogP contribution in [0.2, 0.25) is 0 Å². The molecule has 0 aliphatic rings. The van der Waals surface area contributed by atoms with Gasteiger partial charge in [0.2, 0.25) is 5.91 Å². The van der Waals surface area contributed by atoms with E-state index >= 15 is 0 Å². The van der Waals surface area contributed by atoms with Gasteiger partial charge in [0, 0.05) is 7.11 Å². The Kier molecular flexibility index (Phi) is 8.96. The normalized spacial score (nSPS) is 11.4. The number of hydrogen-bond donors (Lipinski definition) is 2. The lowest BCUT2D eigenvalue weighted by Gasteiger charge is -2.14. The number of carbonyl (C=O) groups excluding carboxylic acids is 1. The summed E-state index contributed by atoms with van der Waals surface area (Å²) >= 11 is 0. The van der Waals surface area contributed by atoms with Gasteiger partial charge in [-0.15, -0.1) is 12.4 Å². The number of nitrogens with two attached hydrogens (primary N) is 1. The fourth-order valence-corrected chi connectivity index (χ4v) is 1.74. The molecule has 0 heterocycles. The van der Waals surface area contributed by atoms with Gasteiger partial charge in [-0.1, -0.05) is 18.2 Å². The molecular weight excluding hydrogens is 280 g/mol. The Morgan fingerprint density at radius 1 is 1.35 bits per heavy atom. The monoisotopic (exact) mass is 302 g/mol. The number of nitrogens with one attached hydrogen (secondary N) is 1. The van der Waals surface area contributed by atoms with Gasteiger partial charge in [-0.05, 0) is 25.0 Å². The van der Waals surface area contributed by atoms with Crippen molar-refractivity contribution in [1.29, 1.82) is 0 Å². The first-order valence-electron chi connectivity index (χ1n) is 6.27. The highest BCUT2D eigenvalue weighted by Gasteiger charge is 2.12. The predicted molar refractivity (Wildman–Crippen MR) is 81.5 cm³/mol. The lowest BCUT2D eigenvalue weighted by molar-refractivity contribution is -0.123. The van der Waals surface area contributed by atoms with Gasteiger partial charge in [0.25, 0.3) is 0 Å². The molecular formula is C14H23ClN2O3. The summed E-state index contributed by atoms with van der Waals surface area (Å²) in [6.45, 7) is 5.04. The van der Waals surface area contributed by atoms with Crippen molar-refractivity contribution in [2.45, 2.75) is 19.9 Å². The van der Waals surface area contributed by atoms with Crippen molar-refractivity contribution in [1.82, 2.24) is 5.32 Å². The first-order valence-corrected chi connectivity index (χ1v) is 6.27. The van der Waals surface area contributed by atoms with Gasteiger partial charge < -0.3 is 20.5 Å². The summed E-state index contributed by atoms with van der Waals surface area (Å²) < 4.78 is 10.5. The molecule has 0 spiro atoms. The van der Waals surface area contributed by atoms with Gasteiger partial charge in [-0.2, -0.15) is 0 Å². The summed E-state index contributed by atoms with van der Waals surface area (Å²) in [6.07, 6.45) is 0. The van der Waals surface area contributed by atoms with Gasteiger partial charge in [-0.3, -0.25) is 4.79 Å². The molecule has 0 aromatic heterocycles. The summed E-state index contributed by atoms with van der Waals surface area (Å²) in [4.78, 5) is 11.5. The number of aryl methyl sites for hydroxylation is 2. The number of carbonyl (C=O) groups is 1. The standard InChI is InChI=1S/C14H22N2O3.ClH/c1-10-5-4-6-11(2)13(10)19-8-7-16-14(17)12(15)9-18-3;/h4-6,12H,7-9,15H2,1-3H3,(H,16,17);1H. The topological polar surface area (TPSA) is 73.6 Å². The maximum Gasteiger partial charge on any atom is 0.239 e. The van der Waals surface area contributed by atoms with E-state index in [4.69, 9.17) is 15.2 Å². The Hall–Kier alpha value is -1.30. The Morgan fingerprint density at radius 3 is 2.50 bits per heavy atom. The minimum absolute atomic E-state index is 0. The van der Waals surface area contributed by atoms with Crippen molar-refractivity contribution in [2.24, 2.45) is 5.73 Å². The van der Waals surface area contributed by atoms with Crippen LogP contribution < -0.4 is 15.8 Å². The molecule has 1 unspecified atom stereocenters. The van der Waals surface area contributed by atoms with Gasteiger partial charge in [0.15, 0.2) is 0 Å². The minimum Gasteiger partial charge on any atom is -0.491 e. The summed E-state index contributed by atoms with van der Waals surface area (Å²) in [5.41, 5.74) is 7.76. The van der Waals surface area contributed by atoms with Crippen molar-refractivity contribution >= 4 is 18.3 Å². The molecule has 1 aromatic rings. The number of hydrogen-bond acceptors (Lipinski definition) is 4. The van der Waals surface area contributed by atoms with Gasteiger partial charge in [0.05, 0.1) is 13.2 Å². The van der Waals surface area contributed by atoms with E-state index in [1.165, 1.54) is 7.11 Å². The van der Waals surface area contributed by atoms with Gasteiger partial charge in [-0.25, -0.2) is 0 Å². The second-order valence-corrected chi connectivity index (χ2v) is 4.42. The lowest BCUT2D eigenvalue weighted by atomic mass is 10.1. The molecule has 0 fully saturated rings. The van der Waals surface area contributed by atoms with Crippen LogP contribution in [0.25, 0.3) is 0 Å². The number of para-hydroxylation sites is 1. The Morgan fingerprint density at radius 2 is 1.95 bits per heavy atom. The van der Waals surface area contributed by atoms with E-state index in [0.29, 0.717) is 13.2 Å². The van der Waals surface area contributed by atoms with Crippen LogP contribution in [0.4, 0.5) is 0 Å². The predicted octanol–water partition coefficient (Wildman–Crippen LogP) is 1.19. The number of rotatable bonds is 7. The molecule has 5 nitrogen and oxygen atoms in total. The Bertz CT molecular complexity index is 407. The van der Waals surface area contributed by atoms with E-state index in [9.17, 15) is 4.79 Å². The van der Waals surface area contributed by atoms with E-state index in [2.05, 4.69) is 5.32 Å². The fraction of sp³-hybridized carbons (Fsp3) is 0.500. The Balaban J connectivity index is 0.00000361. The average molecular weight is 303 g/mol. The molecule has 1 rings (SSSR count). The molecule has 6 heteroatoms. The van der Waals surface area contributed by atoms with Crippen LogP contribution in [0.1, 0.15) is 11.1 Å². The number of benzene rings is 1. The number of halogens is 1. The largest absolute Gasteiger partial charge is 0.491 e. The molecule has 1 amide bonds. The smallest absolute Gasteiger partial charge is 0.239 e. The maximum absolute atomic E-state index is 11.5. The molecule has 0 saturated carbocycles. The van der Waals surface area contributed by atoms with E-state index in [1.54, 1.807) is 0 Å². The zero-order valence-electron chi connectivity index (χ0n) is 12.1. The maximum atomic E-state index is 11.5. The molecule has 114 valence electrons. The second kappa shape index (κ2) is 9.58.